The maximum absolute atomic E-state index is 15.8. The first kappa shape index (κ1) is 113. The molecule has 3 aliphatic rings. The van der Waals surface area contributed by atoms with Crippen molar-refractivity contribution in [3.63, 3.8) is 0 Å². The molecular weight excluding hydrogens is 1920 g/mol. The summed E-state index contributed by atoms with van der Waals surface area (Å²) in [4.78, 5) is 275. The minimum absolute atomic E-state index is 0.0162. The number of aliphatic carboxylic acids is 2. The van der Waals surface area contributed by atoms with Gasteiger partial charge in [-0.15, -0.1) is 11.8 Å². The Morgan fingerprint density at radius 2 is 1.09 bits per heavy atom. The van der Waals surface area contributed by atoms with Crippen LogP contribution in [0.3, 0.4) is 0 Å². The largest absolute Gasteiger partial charge is 0.482 e. The fraction of sp³-hybridized carbons (Fsp3) is 0.436. The van der Waals surface area contributed by atoms with Crippen LogP contribution in [0.4, 0.5) is 5.69 Å². The van der Waals surface area contributed by atoms with Crippen LogP contribution in [0.1, 0.15) is 113 Å². The van der Waals surface area contributed by atoms with E-state index in [9.17, 15) is 67.4 Å². The molecule has 46 heteroatoms. The van der Waals surface area contributed by atoms with Gasteiger partial charge in [0.1, 0.15) is 78.3 Å². The third-order valence-electron chi connectivity index (χ3n) is 24.3. The number of nitrogens with two attached hydrogens (primary N) is 2. The second kappa shape index (κ2) is 55.9. The SMILES string of the molecule is CC(C)C[C@@H]1NC(=O)[C@H](Cc2cnc[nH]2)NC(=O)[C@H](C(C)C)NC(=O)[C@@H]2CCCN2C(=O)[C@H](C(C)C)NC(=O)[C@@H](CCCNC(=N)N)NC(=O)[C@H](CC(=O)O)NC(=O)[C@H](Cc2ccccn2)NC(=O)CN(C)C(=O)[C@H](Cc2ccc(-c3ccc(NC(=O)c4ccc(OCC(=O)O)cc4)cc3)cc2)NC(=O)[C@H](Cc2ccc(-c3ccccc3)cc2)NC(=O)[C@H](CN2CCOCC2)NC(=O)CSC[C@@H](C(=O)NCC(N)=O)NC1=O. The van der Waals surface area contributed by atoms with E-state index in [2.05, 4.69) is 89.4 Å². The predicted molar refractivity (Wildman–Crippen MR) is 540 cm³/mol. The Labute approximate surface area is 853 Å². The molecule has 0 aliphatic carbocycles. The van der Waals surface area contributed by atoms with Gasteiger partial charge in [0.15, 0.2) is 12.6 Å². The number of aromatic nitrogens is 3. The Morgan fingerprint density at radius 1 is 0.544 bits per heavy atom. The summed E-state index contributed by atoms with van der Waals surface area (Å²) in [5.41, 5.74) is 16.1. The van der Waals surface area contributed by atoms with Gasteiger partial charge in [0.25, 0.3) is 5.91 Å². The van der Waals surface area contributed by atoms with Crippen LogP contribution in [0.15, 0.2) is 164 Å². The molecule has 0 saturated carbocycles. The maximum Gasteiger partial charge on any atom is 0.341 e. The number of amides is 16. The second-order valence-corrected chi connectivity index (χ2v) is 38.1. The summed E-state index contributed by atoms with van der Waals surface area (Å²) in [6.45, 7) is 8.50. The van der Waals surface area contributed by atoms with Gasteiger partial charge in [-0.25, -0.2) is 9.78 Å². The monoisotopic (exact) mass is 2050 g/mol. The molecule has 7 aromatic rings. The zero-order valence-corrected chi connectivity index (χ0v) is 83.5. The number of fused-ring (bicyclic) bond motifs is 1. The molecule has 3 saturated heterocycles. The standard InChI is InChI=1S/C101H129N23O22S/c1-57(2)43-72-91(135)119-79(89(133)108-50-81(102)125)54-147-55-83(127)112-78(51-123-39-41-145-42-40-123)96(140)115-73(44-60-20-24-63(25-21-60)62-15-9-8-10-16-62)92(136)118-77(45-61-22-26-64(27-23-61)65-28-32-67(33-29-65)110-88(132)66-30-34-70(35-31-66)146-53-85(130)131)99(143)122(7)52-82(126)111-74(46-68-17-11-12-36-106-68)93(137)116-76(48-84(128)129)95(139)113-71(18-13-37-107-101(103)104)90(134)121-87(59(5)6)100(144)124-38-14-19-80(124)97(141)120-86(58(3)4)98(142)117-75(94(138)114-72)47-69-49-105-56-109-69/h8-12,15-17,20-36,49,56-59,71-80,86-87H,13-14,18-19,37-48,50-55H2,1-7H3,(H2,102,125)(H,105,109)(H,108,133)(H,110,132)(H,111,126)(H,112,127)(H,113,139)(H,114,138)(H,115,140)(H,116,137)(H,117,142)(H,118,136)(H,119,135)(H,120,141)(H,121,134)(H,128,129)(H,130,131)(H4,103,104,107)/t71-,72+,73+,74+,75+,76+,77+,78+,79+,80+,86+,87+/m1/s1. The normalized spacial score (nSPS) is 21.9. The summed E-state index contributed by atoms with van der Waals surface area (Å²) in [5, 5.41) is 64.7. The minimum Gasteiger partial charge on any atom is -0.482 e. The molecule has 3 aliphatic heterocycles. The molecule has 10 rings (SSSR count). The number of imidazole rings is 1. The number of benzene rings is 5. The van der Waals surface area contributed by atoms with E-state index in [1.165, 1.54) is 61.0 Å². The number of nitrogens with zero attached hydrogens (tertiary/aromatic N) is 5. The number of aromatic amines is 1. The van der Waals surface area contributed by atoms with Gasteiger partial charge in [0.05, 0.1) is 44.8 Å². The van der Waals surface area contributed by atoms with Gasteiger partial charge in [-0.05, 0) is 132 Å². The predicted octanol–water partition coefficient (Wildman–Crippen LogP) is -0.316. The zero-order chi connectivity index (χ0) is 107. The number of rotatable bonds is 30. The number of morpholine rings is 1. The van der Waals surface area contributed by atoms with E-state index in [-0.39, 0.29) is 120 Å². The van der Waals surface area contributed by atoms with Crippen molar-refractivity contribution in [2.45, 2.75) is 178 Å². The van der Waals surface area contributed by atoms with Crippen LogP contribution in [0.5, 0.6) is 5.75 Å². The number of thioether (sulfide) groups is 1. The van der Waals surface area contributed by atoms with Crippen molar-refractivity contribution in [2.75, 3.05) is 89.5 Å². The van der Waals surface area contributed by atoms with Crippen molar-refractivity contribution >= 4 is 130 Å². The molecule has 786 valence electrons. The van der Waals surface area contributed by atoms with E-state index in [4.69, 9.17) is 31.5 Å². The number of hydrogen-bond acceptors (Lipinski definition) is 25. The number of anilines is 1. The first-order valence-electron chi connectivity index (χ1n) is 48.3. The lowest BCUT2D eigenvalue weighted by molar-refractivity contribution is -0.144. The number of primary amides is 1. The Hall–Kier alpha value is -15.7. The van der Waals surface area contributed by atoms with Crippen LogP contribution in [0, 0.1) is 23.2 Å². The molecule has 5 aromatic carbocycles. The van der Waals surface area contributed by atoms with E-state index >= 15 is 24.0 Å². The average molecular weight is 2050 g/mol. The summed E-state index contributed by atoms with van der Waals surface area (Å²) in [5.74, 6) is -20.5. The lowest BCUT2D eigenvalue weighted by Crippen LogP contribution is -2.62. The molecule has 22 N–H and O–H groups in total. The zero-order valence-electron chi connectivity index (χ0n) is 82.7. The van der Waals surface area contributed by atoms with Crippen molar-refractivity contribution in [1.82, 2.24) is 98.8 Å². The lowest BCUT2D eigenvalue weighted by atomic mass is 9.98. The molecular formula is C101H129N23O22S. The van der Waals surface area contributed by atoms with Crippen LogP contribution >= 0.6 is 11.8 Å². The third-order valence-corrected chi connectivity index (χ3v) is 25.4. The van der Waals surface area contributed by atoms with Gasteiger partial charge in [-0.1, -0.05) is 139 Å². The summed E-state index contributed by atoms with van der Waals surface area (Å²) in [6.07, 6.45) is 1.60. The fourth-order valence-corrected chi connectivity index (χ4v) is 17.4. The smallest absolute Gasteiger partial charge is 0.341 e. The van der Waals surface area contributed by atoms with E-state index in [1.807, 2.05) is 35.2 Å². The summed E-state index contributed by atoms with van der Waals surface area (Å²) in [7, 11) is 1.23. The number of carbonyl (C=O) groups excluding carboxylic acids is 16. The summed E-state index contributed by atoms with van der Waals surface area (Å²) >= 11 is 0.813. The topological polar surface area (TPSA) is 662 Å². The van der Waals surface area contributed by atoms with E-state index in [0.29, 0.717) is 33.6 Å². The van der Waals surface area contributed by atoms with Gasteiger partial charge in [0, 0.05) is 106 Å². The molecule has 0 unspecified atom stereocenters. The highest BCUT2D eigenvalue weighted by Crippen LogP contribution is 2.28. The minimum atomic E-state index is -2.04. The van der Waals surface area contributed by atoms with Crippen molar-refractivity contribution in [1.29, 1.82) is 5.41 Å². The fourth-order valence-electron chi connectivity index (χ4n) is 16.6. The van der Waals surface area contributed by atoms with E-state index in [1.54, 1.807) is 126 Å². The Bertz CT molecular complexity index is 5750. The maximum atomic E-state index is 15.8. The number of carboxylic acid groups (broad SMARTS) is 2. The summed E-state index contributed by atoms with van der Waals surface area (Å²) < 4.78 is 10.9. The quantitative estimate of drug-likeness (QED) is 0.0156. The second-order valence-electron chi connectivity index (χ2n) is 37.0. The Kier molecular flexibility index (Phi) is 43.1. The number of hydrogen-bond donors (Lipinski definition) is 20. The van der Waals surface area contributed by atoms with Crippen LogP contribution in [-0.4, -0.2) is 309 Å². The van der Waals surface area contributed by atoms with Crippen molar-refractivity contribution in [3.8, 4) is 28.0 Å². The van der Waals surface area contributed by atoms with Gasteiger partial charge >= 0.3 is 11.9 Å². The van der Waals surface area contributed by atoms with Crippen molar-refractivity contribution < 1.29 is 106 Å². The van der Waals surface area contributed by atoms with Gasteiger partial charge < -0.3 is 120 Å². The molecule has 0 radical (unpaired) electrons. The molecule has 0 bridgehead atoms. The molecule has 45 nitrogen and oxygen atoms in total. The number of pyridine rings is 1. The van der Waals surface area contributed by atoms with Crippen LogP contribution in [0.25, 0.3) is 22.3 Å². The molecule has 2 aromatic heterocycles. The Morgan fingerprint density at radius 3 is 1.68 bits per heavy atom. The lowest BCUT2D eigenvalue weighted by Gasteiger charge is -2.33. The number of ether oxygens (including phenoxy) is 2. The third kappa shape index (κ3) is 35.9. The van der Waals surface area contributed by atoms with Crippen LogP contribution in [-0.2, 0) is 112 Å². The molecule has 0 spiro atoms. The number of carboxylic acids is 2. The Balaban J connectivity index is 1.02. The number of carbonyl (C=O) groups is 18. The molecule has 5 heterocycles. The van der Waals surface area contributed by atoms with Crippen LogP contribution < -0.4 is 90.6 Å². The number of likely N-dealkylation sites (N-methyl/N-ethyl adjacent to an activating group) is 1. The highest BCUT2D eigenvalue weighted by Gasteiger charge is 2.44. The highest BCUT2D eigenvalue weighted by molar-refractivity contribution is 8.00. The number of nitrogens with one attached hydrogen (secondary N) is 16. The molecule has 147 heavy (non-hydrogen) atoms. The molecule has 16 amide bonds. The first-order valence-corrected chi connectivity index (χ1v) is 49.4. The molecule has 3 fully saturated rings. The highest BCUT2D eigenvalue weighted by atomic mass is 32.2. The van der Waals surface area contributed by atoms with Crippen molar-refractivity contribution in [3.05, 3.63) is 192 Å². The summed E-state index contributed by atoms with van der Waals surface area (Å²) in [6, 6.07) is 21.7. The van der Waals surface area contributed by atoms with Crippen LogP contribution in [0.2, 0.25) is 0 Å². The van der Waals surface area contributed by atoms with E-state index < -0.39 is 241 Å². The van der Waals surface area contributed by atoms with Gasteiger partial charge in [-0.3, -0.25) is 96.8 Å². The number of H-pyrrole nitrogens is 1. The first-order chi connectivity index (χ1) is 70.2. The average Bonchev–Trinajstić information content (AvgIpc) is 1.54. The number of guanidine groups is 1. The van der Waals surface area contributed by atoms with Gasteiger partial charge in [0.2, 0.25) is 88.6 Å². The van der Waals surface area contributed by atoms with E-state index in [0.717, 1.165) is 27.8 Å². The molecule has 12 atom stereocenters. The van der Waals surface area contributed by atoms with Gasteiger partial charge in [-0.2, -0.15) is 0 Å². The van der Waals surface area contributed by atoms with Crippen molar-refractivity contribution in [2.24, 2.45) is 29.2 Å².